The van der Waals surface area contributed by atoms with E-state index in [9.17, 15) is 4.39 Å². The van der Waals surface area contributed by atoms with Crippen LogP contribution in [0, 0.1) is 17.1 Å². The minimum atomic E-state index is -0.363. The van der Waals surface area contributed by atoms with Gasteiger partial charge in [0.15, 0.2) is 0 Å². The third kappa shape index (κ3) is 0.768. The summed E-state index contributed by atoms with van der Waals surface area (Å²) in [6.07, 6.45) is 1.37. The number of fused-ring (bicyclic) bond motifs is 1. The van der Waals surface area contributed by atoms with Crippen molar-refractivity contribution in [2.24, 2.45) is 0 Å². The van der Waals surface area contributed by atoms with Gasteiger partial charge in [0.2, 0.25) is 0 Å². The maximum atomic E-state index is 13.0. The molecule has 0 fully saturated rings. The number of rotatable bonds is 0. The zero-order chi connectivity index (χ0) is 8.55. The molecule has 1 N–H and O–H groups in total. The van der Waals surface area contributed by atoms with Gasteiger partial charge >= 0.3 is 0 Å². The van der Waals surface area contributed by atoms with Crippen LogP contribution in [0.15, 0.2) is 18.3 Å². The summed E-state index contributed by atoms with van der Waals surface area (Å²) in [6, 6.07) is 4.63. The van der Waals surface area contributed by atoms with Crippen LogP contribution in [0.5, 0.6) is 0 Å². The van der Waals surface area contributed by atoms with Crippen LogP contribution in [-0.4, -0.2) is 10.2 Å². The third-order valence-electron chi connectivity index (χ3n) is 1.68. The van der Waals surface area contributed by atoms with Crippen molar-refractivity contribution in [3.8, 4) is 6.07 Å². The summed E-state index contributed by atoms with van der Waals surface area (Å²) in [5, 5.41) is 15.2. The van der Waals surface area contributed by atoms with E-state index in [1.165, 1.54) is 18.3 Å². The van der Waals surface area contributed by atoms with Gasteiger partial charge < -0.3 is 0 Å². The molecule has 12 heavy (non-hydrogen) atoms. The van der Waals surface area contributed by atoms with Crippen LogP contribution in [0.3, 0.4) is 0 Å². The van der Waals surface area contributed by atoms with Crippen molar-refractivity contribution in [1.29, 1.82) is 5.26 Å². The number of hydrogen-bond donors (Lipinski definition) is 1. The fraction of sp³-hybridized carbons (Fsp3) is 0. The van der Waals surface area contributed by atoms with Crippen molar-refractivity contribution in [2.45, 2.75) is 0 Å². The third-order valence-corrected chi connectivity index (χ3v) is 1.68. The SMILES string of the molecule is N#Cc1ccc(F)c2cn[nH]c12. The first kappa shape index (κ1) is 6.80. The van der Waals surface area contributed by atoms with Gasteiger partial charge in [-0.2, -0.15) is 10.4 Å². The zero-order valence-corrected chi connectivity index (χ0v) is 6.00. The molecule has 58 valence electrons. The van der Waals surface area contributed by atoms with Gasteiger partial charge in [-0.25, -0.2) is 4.39 Å². The van der Waals surface area contributed by atoms with E-state index >= 15 is 0 Å². The molecule has 0 aliphatic rings. The Morgan fingerprint density at radius 1 is 1.50 bits per heavy atom. The van der Waals surface area contributed by atoms with Crippen LogP contribution in [-0.2, 0) is 0 Å². The van der Waals surface area contributed by atoms with Crippen LogP contribution in [0.2, 0.25) is 0 Å². The molecule has 0 aliphatic heterocycles. The molecule has 2 aromatic rings. The van der Waals surface area contributed by atoms with Gasteiger partial charge in [0.05, 0.1) is 22.7 Å². The van der Waals surface area contributed by atoms with E-state index in [0.29, 0.717) is 16.5 Å². The quantitative estimate of drug-likeness (QED) is 0.637. The minimum absolute atomic E-state index is 0.356. The molecule has 1 aromatic carbocycles. The van der Waals surface area contributed by atoms with Gasteiger partial charge in [0.1, 0.15) is 11.9 Å². The lowest BCUT2D eigenvalue weighted by atomic mass is 10.1. The van der Waals surface area contributed by atoms with Crippen LogP contribution >= 0.6 is 0 Å². The normalized spacial score (nSPS) is 10.0. The molecule has 2 rings (SSSR count). The van der Waals surface area contributed by atoms with E-state index in [1.54, 1.807) is 0 Å². The van der Waals surface area contributed by atoms with Gasteiger partial charge in [-0.1, -0.05) is 0 Å². The second-order valence-electron chi connectivity index (χ2n) is 2.37. The largest absolute Gasteiger partial charge is 0.276 e. The molecule has 0 radical (unpaired) electrons. The smallest absolute Gasteiger partial charge is 0.134 e. The summed E-state index contributed by atoms with van der Waals surface area (Å²) in [7, 11) is 0. The lowest BCUT2D eigenvalue weighted by Gasteiger charge is -1.92. The predicted octanol–water partition coefficient (Wildman–Crippen LogP) is 1.57. The molecule has 0 spiro atoms. The Kier molecular flexibility index (Phi) is 1.31. The molecule has 3 nitrogen and oxygen atoms in total. The Morgan fingerprint density at radius 3 is 3.08 bits per heavy atom. The second kappa shape index (κ2) is 2.31. The fourth-order valence-corrected chi connectivity index (χ4v) is 1.10. The van der Waals surface area contributed by atoms with E-state index in [0.717, 1.165) is 0 Å². The Morgan fingerprint density at radius 2 is 2.33 bits per heavy atom. The molecule has 0 bridgehead atoms. The fourth-order valence-electron chi connectivity index (χ4n) is 1.10. The highest BCUT2D eigenvalue weighted by molar-refractivity contribution is 5.83. The first-order chi connectivity index (χ1) is 5.83. The standard InChI is InChI=1S/C8H4FN3/c9-7-2-1-5(3-10)8-6(7)4-11-12-8/h1-2,4H,(H,11,12). The summed E-state index contributed by atoms with van der Waals surface area (Å²) < 4.78 is 13.0. The first-order valence-corrected chi connectivity index (χ1v) is 3.34. The number of aromatic nitrogens is 2. The van der Waals surface area contributed by atoms with E-state index in [2.05, 4.69) is 10.2 Å². The van der Waals surface area contributed by atoms with Crippen molar-refractivity contribution in [1.82, 2.24) is 10.2 Å². The molecule has 1 aromatic heterocycles. The number of nitriles is 1. The van der Waals surface area contributed by atoms with Crippen molar-refractivity contribution < 1.29 is 4.39 Å². The number of H-pyrrole nitrogens is 1. The van der Waals surface area contributed by atoms with E-state index < -0.39 is 0 Å². The lowest BCUT2D eigenvalue weighted by molar-refractivity contribution is 0.640. The van der Waals surface area contributed by atoms with Crippen LogP contribution in [0.4, 0.5) is 4.39 Å². The van der Waals surface area contributed by atoms with Gasteiger partial charge in [-0.3, -0.25) is 5.10 Å². The number of hydrogen-bond acceptors (Lipinski definition) is 2. The molecule has 0 saturated carbocycles. The second-order valence-corrected chi connectivity index (χ2v) is 2.37. The monoisotopic (exact) mass is 161 g/mol. The van der Waals surface area contributed by atoms with Gasteiger partial charge in [0, 0.05) is 0 Å². The Balaban J connectivity index is 2.94. The average molecular weight is 161 g/mol. The molecule has 4 heteroatoms. The molecule has 1 heterocycles. The number of halogens is 1. The van der Waals surface area contributed by atoms with Crippen molar-refractivity contribution in [2.75, 3.05) is 0 Å². The Labute approximate surface area is 67.4 Å². The van der Waals surface area contributed by atoms with Crippen LogP contribution in [0.25, 0.3) is 10.9 Å². The average Bonchev–Trinajstić information content (AvgIpc) is 2.54. The van der Waals surface area contributed by atoms with Gasteiger partial charge in [0.25, 0.3) is 0 Å². The number of aromatic amines is 1. The number of nitrogens with one attached hydrogen (secondary N) is 1. The molecule has 0 amide bonds. The summed E-state index contributed by atoms with van der Waals surface area (Å²) in [5.74, 6) is -0.363. The summed E-state index contributed by atoms with van der Waals surface area (Å²) >= 11 is 0. The first-order valence-electron chi connectivity index (χ1n) is 3.34. The topological polar surface area (TPSA) is 52.5 Å². The van der Waals surface area contributed by atoms with E-state index in [-0.39, 0.29) is 5.82 Å². The Hall–Kier alpha value is -1.89. The lowest BCUT2D eigenvalue weighted by Crippen LogP contribution is -1.81. The summed E-state index contributed by atoms with van der Waals surface area (Å²) in [5.41, 5.74) is 0.862. The van der Waals surface area contributed by atoms with Gasteiger partial charge in [-0.05, 0) is 12.1 Å². The van der Waals surface area contributed by atoms with Crippen LogP contribution in [0.1, 0.15) is 5.56 Å². The van der Waals surface area contributed by atoms with Gasteiger partial charge in [-0.15, -0.1) is 0 Å². The Bertz CT molecular complexity index is 467. The molecular weight excluding hydrogens is 157 g/mol. The van der Waals surface area contributed by atoms with Crippen molar-refractivity contribution >= 4 is 10.9 Å². The molecule has 0 atom stereocenters. The predicted molar refractivity (Wildman–Crippen MR) is 40.8 cm³/mol. The molecule has 0 unspecified atom stereocenters. The molecule has 0 aliphatic carbocycles. The number of nitrogens with zero attached hydrogens (tertiary/aromatic N) is 2. The minimum Gasteiger partial charge on any atom is -0.276 e. The molecule has 0 saturated heterocycles. The summed E-state index contributed by atoms with van der Waals surface area (Å²) in [4.78, 5) is 0. The zero-order valence-electron chi connectivity index (χ0n) is 6.00. The van der Waals surface area contributed by atoms with Crippen molar-refractivity contribution in [3.63, 3.8) is 0 Å². The maximum Gasteiger partial charge on any atom is 0.134 e. The van der Waals surface area contributed by atoms with E-state index in [4.69, 9.17) is 5.26 Å². The highest BCUT2D eigenvalue weighted by Gasteiger charge is 2.05. The maximum absolute atomic E-state index is 13.0. The highest BCUT2D eigenvalue weighted by Crippen LogP contribution is 2.18. The summed E-state index contributed by atoms with van der Waals surface area (Å²) in [6.45, 7) is 0. The van der Waals surface area contributed by atoms with E-state index in [1.807, 2.05) is 6.07 Å². The molecular formula is C8H4FN3. The highest BCUT2D eigenvalue weighted by atomic mass is 19.1. The van der Waals surface area contributed by atoms with Crippen LogP contribution < -0.4 is 0 Å². The van der Waals surface area contributed by atoms with Crippen molar-refractivity contribution in [3.05, 3.63) is 29.7 Å². The number of benzene rings is 1.